The summed E-state index contributed by atoms with van der Waals surface area (Å²) < 4.78 is 0. The number of amides is 2. The van der Waals surface area contributed by atoms with E-state index < -0.39 is 0 Å². The summed E-state index contributed by atoms with van der Waals surface area (Å²) in [4.78, 5) is 29.4. The molecule has 148 valence electrons. The highest BCUT2D eigenvalue weighted by molar-refractivity contribution is 5.81. The Bertz CT molecular complexity index is 635. The molecule has 3 aliphatic rings. The number of piperidine rings is 2. The van der Waals surface area contributed by atoms with Gasteiger partial charge in [-0.25, -0.2) is 0 Å². The first kappa shape index (κ1) is 18.5. The van der Waals surface area contributed by atoms with Crippen molar-refractivity contribution in [1.82, 2.24) is 25.3 Å². The van der Waals surface area contributed by atoms with Crippen LogP contribution in [0.1, 0.15) is 44.1 Å². The fourth-order valence-corrected chi connectivity index (χ4v) is 4.48. The molecular weight excluding hydrogens is 342 g/mol. The second-order valence-electron chi connectivity index (χ2n) is 8.31. The molecule has 0 spiro atoms. The van der Waals surface area contributed by atoms with Crippen molar-refractivity contribution in [3.8, 4) is 0 Å². The lowest BCUT2D eigenvalue weighted by Gasteiger charge is -2.42. The molecule has 3 fully saturated rings. The van der Waals surface area contributed by atoms with E-state index in [4.69, 9.17) is 0 Å². The van der Waals surface area contributed by atoms with Gasteiger partial charge in [-0.2, -0.15) is 5.10 Å². The summed E-state index contributed by atoms with van der Waals surface area (Å²) in [6.07, 6.45) is 10.8. The van der Waals surface area contributed by atoms with Crippen molar-refractivity contribution in [1.29, 1.82) is 0 Å². The number of carbonyl (C=O) groups excluding carboxylic acids is 2. The number of carbonyl (C=O) groups is 2. The van der Waals surface area contributed by atoms with Crippen molar-refractivity contribution in [2.24, 2.45) is 11.8 Å². The molecule has 1 aromatic rings. The van der Waals surface area contributed by atoms with Crippen molar-refractivity contribution in [3.63, 3.8) is 0 Å². The molecule has 4 rings (SSSR count). The molecule has 1 atom stereocenters. The van der Waals surface area contributed by atoms with E-state index in [1.807, 2.05) is 6.20 Å². The molecule has 2 saturated heterocycles. The third-order valence-electron chi connectivity index (χ3n) is 6.31. The standard InChI is InChI=1S/C20H31N5O2/c26-19(21-8-5-15-12-22-23-13-15)17-2-1-9-25(14-17)18-6-10-24(11-7-18)20(27)16-3-4-16/h12-13,16-18H,1-11,14H2,(H,21,26)(H,22,23)/t17-/m0/s1. The molecular formula is C20H31N5O2. The van der Waals surface area contributed by atoms with E-state index in [-0.39, 0.29) is 11.8 Å². The van der Waals surface area contributed by atoms with Crippen LogP contribution in [0.25, 0.3) is 0 Å². The molecule has 0 unspecified atom stereocenters. The molecule has 0 bridgehead atoms. The molecule has 2 N–H and O–H groups in total. The first-order valence-corrected chi connectivity index (χ1v) is 10.5. The van der Waals surface area contributed by atoms with Gasteiger partial charge in [0, 0.05) is 44.3 Å². The number of aromatic nitrogens is 2. The minimum Gasteiger partial charge on any atom is -0.355 e. The van der Waals surface area contributed by atoms with Crippen molar-refractivity contribution in [2.45, 2.75) is 51.0 Å². The number of rotatable bonds is 6. The Kier molecular flexibility index (Phi) is 5.76. The predicted molar refractivity (Wildman–Crippen MR) is 102 cm³/mol. The molecule has 1 aliphatic carbocycles. The molecule has 7 heteroatoms. The average molecular weight is 374 g/mol. The number of likely N-dealkylation sites (tertiary alicyclic amines) is 2. The van der Waals surface area contributed by atoms with Crippen LogP contribution < -0.4 is 5.32 Å². The molecule has 2 aliphatic heterocycles. The number of hydrogen-bond acceptors (Lipinski definition) is 4. The highest BCUT2D eigenvalue weighted by Gasteiger charge is 2.37. The second-order valence-corrected chi connectivity index (χ2v) is 8.31. The van der Waals surface area contributed by atoms with Crippen LogP contribution in [-0.4, -0.2) is 70.6 Å². The maximum Gasteiger partial charge on any atom is 0.225 e. The SMILES string of the molecule is O=C(NCCc1cn[nH]c1)[C@H]1CCCN(C2CCN(C(=O)C3CC3)CC2)C1. The van der Waals surface area contributed by atoms with E-state index in [9.17, 15) is 9.59 Å². The predicted octanol–water partition coefficient (Wildman–Crippen LogP) is 1.18. The van der Waals surface area contributed by atoms with Gasteiger partial charge in [0.05, 0.1) is 12.1 Å². The van der Waals surface area contributed by atoms with Crippen LogP contribution in [0.5, 0.6) is 0 Å². The zero-order valence-corrected chi connectivity index (χ0v) is 16.0. The van der Waals surface area contributed by atoms with Gasteiger partial charge in [-0.1, -0.05) is 0 Å². The fraction of sp³-hybridized carbons (Fsp3) is 0.750. The average Bonchev–Trinajstić information content (AvgIpc) is 3.44. The molecule has 2 amide bonds. The van der Waals surface area contributed by atoms with Crippen LogP contribution in [0, 0.1) is 11.8 Å². The lowest BCUT2D eigenvalue weighted by Crippen LogP contribution is -2.51. The lowest BCUT2D eigenvalue weighted by atomic mass is 9.93. The van der Waals surface area contributed by atoms with Gasteiger partial charge < -0.3 is 10.2 Å². The zero-order valence-electron chi connectivity index (χ0n) is 16.0. The highest BCUT2D eigenvalue weighted by atomic mass is 16.2. The summed E-state index contributed by atoms with van der Waals surface area (Å²) in [5.74, 6) is 0.979. The fourth-order valence-electron chi connectivity index (χ4n) is 4.48. The third kappa shape index (κ3) is 4.69. The van der Waals surface area contributed by atoms with Gasteiger partial charge in [0.15, 0.2) is 0 Å². The number of hydrogen-bond donors (Lipinski definition) is 2. The van der Waals surface area contributed by atoms with Crippen LogP contribution in [0.15, 0.2) is 12.4 Å². The second kappa shape index (κ2) is 8.42. The molecule has 27 heavy (non-hydrogen) atoms. The summed E-state index contributed by atoms with van der Waals surface area (Å²) in [6, 6.07) is 0.523. The molecule has 1 saturated carbocycles. The maximum absolute atomic E-state index is 12.6. The van der Waals surface area contributed by atoms with Crippen molar-refractivity contribution in [2.75, 3.05) is 32.7 Å². The topological polar surface area (TPSA) is 81.3 Å². The van der Waals surface area contributed by atoms with Gasteiger partial charge in [0.2, 0.25) is 11.8 Å². The Morgan fingerprint density at radius 2 is 1.93 bits per heavy atom. The lowest BCUT2D eigenvalue weighted by molar-refractivity contribution is -0.134. The van der Waals surface area contributed by atoms with E-state index >= 15 is 0 Å². The molecule has 7 nitrogen and oxygen atoms in total. The normalized spacial score (nSPS) is 24.7. The Morgan fingerprint density at radius 1 is 1.11 bits per heavy atom. The van der Waals surface area contributed by atoms with Crippen molar-refractivity contribution < 1.29 is 9.59 Å². The van der Waals surface area contributed by atoms with Crippen molar-refractivity contribution >= 4 is 11.8 Å². The van der Waals surface area contributed by atoms with Gasteiger partial charge in [-0.15, -0.1) is 0 Å². The summed E-state index contributed by atoms with van der Waals surface area (Å²) in [5, 5.41) is 9.83. The minimum absolute atomic E-state index is 0.0919. The van der Waals surface area contributed by atoms with E-state index in [2.05, 4.69) is 25.3 Å². The molecule has 1 aromatic heterocycles. The van der Waals surface area contributed by atoms with Gasteiger partial charge in [0.25, 0.3) is 0 Å². The maximum atomic E-state index is 12.6. The Balaban J connectivity index is 1.20. The summed E-state index contributed by atoms with van der Waals surface area (Å²) in [7, 11) is 0. The third-order valence-corrected chi connectivity index (χ3v) is 6.31. The Morgan fingerprint density at radius 3 is 2.63 bits per heavy atom. The number of aromatic amines is 1. The minimum atomic E-state index is 0.0919. The first-order chi connectivity index (χ1) is 13.2. The first-order valence-electron chi connectivity index (χ1n) is 10.5. The summed E-state index contributed by atoms with van der Waals surface area (Å²) in [5.41, 5.74) is 1.12. The smallest absolute Gasteiger partial charge is 0.225 e. The van der Waals surface area contributed by atoms with Gasteiger partial charge in [-0.05, 0) is 57.1 Å². The Labute approximate surface area is 160 Å². The van der Waals surface area contributed by atoms with Crippen LogP contribution in [0.3, 0.4) is 0 Å². The van der Waals surface area contributed by atoms with Crippen molar-refractivity contribution in [3.05, 3.63) is 18.0 Å². The zero-order chi connectivity index (χ0) is 18.6. The summed E-state index contributed by atoms with van der Waals surface area (Å²) >= 11 is 0. The number of nitrogens with one attached hydrogen (secondary N) is 2. The molecule has 0 radical (unpaired) electrons. The Hall–Kier alpha value is -1.89. The number of H-pyrrole nitrogens is 1. The monoisotopic (exact) mass is 373 g/mol. The van der Waals surface area contributed by atoms with Crippen LogP contribution in [-0.2, 0) is 16.0 Å². The number of nitrogens with zero attached hydrogens (tertiary/aromatic N) is 3. The van der Waals surface area contributed by atoms with E-state index in [0.29, 0.717) is 24.4 Å². The summed E-state index contributed by atoms with van der Waals surface area (Å²) in [6.45, 7) is 4.38. The van der Waals surface area contributed by atoms with Gasteiger partial charge >= 0.3 is 0 Å². The van der Waals surface area contributed by atoms with Crippen LogP contribution >= 0.6 is 0 Å². The van der Waals surface area contributed by atoms with E-state index in [1.165, 1.54) is 0 Å². The van der Waals surface area contributed by atoms with E-state index in [1.54, 1.807) is 6.20 Å². The van der Waals surface area contributed by atoms with Crippen LogP contribution in [0.4, 0.5) is 0 Å². The largest absolute Gasteiger partial charge is 0.355 e. The molecule has 3 heterocycles. The highest BCUT2D eigenvalue weighted by Crippen LogP contribution is 2.32. The van der Waals surface area contributed by atoms with E-state index in [0.717, 1.165) is 76.7 Å². The van der Waals surface area contributed by atoms with Gasteiger partial charge in [0.1, 0.15) is 0 Å². The molecule has 0 aromatic carbocycles. The quantitative estimate of drug-likeness (QED) is 0.785. The van der Waals surface area contributed by atoms with Gasteiger partial charge in [-0.3, -0.25) is 19.6 Å². The van der Waals surface area contributed by atoms with Crippen LogP contribution in [0.2, 0.25) is 0 Å².